The van der Waals surface area contributed by atoms with E-state index in [1.165, 1.54) is 12.5 Å². The zero-order chi connectivity index (χ0) is 30.9. The van der Waals surface area contributed by atoms with Gasteiger partial charge in [0, 0.05) is 5.41 Å². The highest BCUT2D eigenvalue weighted by Crippen LogP contribution is 2.67. The summed E-state index contributed by atoms with van der Waals surface area (Å²) in [5.74, 6) is -0.895. The van der Waals surface area contributed by atoms with E-state index in [1.807, 2.05) is 6.92 Å². The van der Waals surface area contributed by atoms with Crippen molar-refractivity contribution < 1.29 is 34.2 Å². The number of fused-ring (bicyclic) bond motifs is 5. The van der Waals surface area contributed by atoms with Crippen LogP contribution in [0, 0.1) is 28.6 Å². The van der Waals surface area contributed by atoms with Crippen LogP contribution in [0.2, 0.25) is 0 Å². The Hall–Kier alpha value is -2.75. The largest absolute Gasteiger partial charge is 0.480 e. The van der Waals surface area contributed by atoms with Crippen molar-refractivity contribution in [2.24, 2.45) is 33.7 Å². The molecule has 234 valence electrons. The molecule has 0 saturated heterocycles. The Morgan fingerprint density at radius 1 is 1.07 bits per heavy atom. The second-order valence-corrected chi connectivity index (χ2v) is 13.6. The van der Waals surface area contributed by atoms with Gasteiger partial charge in [-0.15, -0.1) is 0 Å². The molecule has 10 heteroatoms. The molecule has 0 bridgehead atoms. The van der Waals surface area contributed by atoms with E-state index >= 15 is 0 Å². The Morgan fingerprint density at radius 3 is 2.45 bits per heavy atom. The summed E-state index contributed by atoms with van der Waals surface area (Å²) in [5.41, 5.74) is 0.662. The lowest BCUT2D eigenvalue weighted by molar-refractivity contribution is -0.159. The summed E-state index contributed by atoms with van der Waals surface area (Å²) in [4.78, 5) is 54.0. The zero-order valence-electron chi connectivity index (χ0n) is 25.8. The van der Waals surface area contributed by atoms with Gasteiger partial charge in [-0.05, 0) is 101 Å². The lowest BCUT2D eigenvalue weighted by atomic mass is 9.46. The van der Waals surface area contributed by atoms with Crippen molar-refractivity contribution in [1.82, 2.24) is 10.6 Å². The number of hydrogen-bond acceptors (Lipinski definition) is 7. The molecular weight excluding hydrogens is 538 g/mol. The summed E-state index contributed by atoms with van der Waals surface area (Å²) >= 11 is 0. The number of carbonyl (C=O) groups is 4. The topological polar surface area (TPSA) is 154 Å². The van der Waals surface area contributed by atoms with E-state index in [0.717, 1.165) is 57.1 Å². The van der Waals surface area contributed by atoms with E-state index in [1.54, 1.807) is 6.92 Å². The van der Waals surface area contributed by atoms with Crippen molar-refractivity contribution in [3.8, 4) is 0 Å². The first-order chi connectivity index (χ1) is 19.8. The van der Waals surface area contributed by atoms with E-state index in [0.29, 0.717) is 37.0 Å². The number of carbonyl (C=O) groups excluding carboxylic acids is 3. The van der Waals surface area contributed by atoms with Crippen molar-refractivity contribution >= 4 is 29.3 Å². The Kier molecular flexibility index (Phi) is 9.55. The van der Waals surface area contributed by atoms with Gasteiger partial charge >= 0.3 is 5.97 Å². The molecule has 5 unspecified atom stereocenters. The second-order valence-electron chi connectivity index (χ2n) is 13.6. The van der Waals surface area contributed by atoms with Crippen molar-refractivity contribution in [3.05, 3.63) is 11.6 Å². The molecule has 0 heterocycles. The number of Topliss-reactive ketones (excluding diaryl/α,β-unsaturated/α-hetero) is 1. The normalized spacial score (nSPS) is 36.0. The minimum Gasteiger partial charge on any atom is -0.480 e. The number of aliphatic hydroxyl groups is 1. The molecule has 3 fully saturated rings. The summed E-state index contributed by atoms with van der Waals surface area (Å²) in [7, 11) is 0. The molecular formula is C32H49N3O7. The fourth-order valence-electron chi connectivity index (χ4n) is 8.72. The van der Waals surface area contributed by atoms with Crippen molar-refractivity contribution in [2.75, 3.05) is 6.61 Å². The van der Waals surface area contributed by atoms with Gasteiger partial charge in [0.1, 0.15) is 17.7 Å². The predicted molar refractivity (Wildman–Crippen MR) is 157 cm³/mol. The van der Waals surface area contributed by atoms with E-state index in [-0.39, 0.29) is 23.2 Å². The molecule has 10 nitrogen and oxygen atoms in total. The van der Waals surface area contributed by atoms with Crippen molar-refractivity contribution in [3.63, 3.8) is 0 Å². The third-order valence-corrected chi connectivity index (χ3v) is 11.3. The number of hydrogen-bond donors (Lipinski definition) is 4. The fraction of sp³-hybridized carbons (Fsp3) is 0.781. The maximum atomic E-state index is 12.5. The minimum absolute atomic E-state index is 0.0469. The highest BCUT2D eigenvalue weighted by Gasteiger charge is 2.65. The average Bonchev–Trinajstić information content (AvgIpc) is 3.22. The summed E-state index contributed by atoms with van der Waals surface area (Å²) in [5, 5.41) is 29.9. The van der Waals surface area contributed by atoms with Gasteiger partial charge in [0.25, 0.3) is 5.91 Å². The van der Waals surface area contributed by atoms with Gasteiger partial charge in [0.15, 0.2) is 12.4 Å². The summed E-state index contributed by atoms with van der Waals surface area (Å²) in [6.07, 6.45) is 11.0. The van der Waals surface area contributed by atoms with Gasteiger partial charge in [-0.25, -0.2) is 4.79 Å². The third kappa shape index (κ3) is 5.88. The number of carboxylic acid groups (broad SMARTS) is 1. The Morgan fingerprint density at radius 2 is 1.79 bits per heavy atom. The van der Waals surface area contributed by atoms with Crippen LogP contribution in [0.3, 0.4) is 0 Å². The number of unbranched alkanes of at least 4 members (excludes halogenated alkanes) is 1. The number of oxime groups is 1. The van der Waals surface area contributed by atoms with Gasteiger partial charge in [0.2, 0.25) is 5.91 Å². The molecule has 0 radical (unpaired) electrons. The van der Waals surface area contributed by atoms with Crippen LogP contribution >= 0.6 is 0 Å². The highest BCUT2D eigenvalue weighted by molar-refractivity contribution is 5.96. The van der Waals surface area contributed by atoms with Gasteiger partial charge in [-0.1, -0.05) is 44.3 Å². The van der Waals surface area contributed by atoms with Crippen molar-refractivity contribution in [2.45, 2.75) is 123 Å². The smallest absolute Gasteiger partial charge is 0.326 e. The molecule has 0 aromatic carbocycles. The van der Waals surface area contributed by atoms with Gasteiger partial charge < -0.3 is 25.7 Å². The van der Waals surface area contributed by atoms with Crippen LogP contribution in [0.5, 0.6) is 0 Å². The van der Waals surface area contributed by atoms with Crippen LogP contribution < -0.4 is 10.6 Å². The van der Waals surface area contributed by atoms with Crippen LogP contribution in [0.15, 0.2) is 16.8 Å². The number of aliphatic carboxylic acids is 1. The number of nitrogens with one attached hydrogen (secondary N) is 2. The summed E-state index contributed by atoms with van der Waals surface area (Å²) in [6, 6.07) is -1.90. The molecule has 0 aromatic rings. The zero-order valence-corrected chi connectivity index (χ0v) is 25.8. The third-order valence-electron chi connectivity index (χ3n) is 11.3. The molecule has 0 aliphatic heterocycles. The van der Waals surface area contributed by atoms with Crippen LogP contribution in [-0.4, -0.2) is 63.8 Å². The van der Waals surface area contributed by atoms with Crippen molar-refractivity contribution in [1.29, 1.82) is 0 Å². The highest BCUT2D eigenvalue weighted by atomic mass is 16.6. The number of rotatable bonds is 11. The first kappa shape index (κ1) is 32.2. The fourth-order valence-corrected chi connectivity index (χ4v) is 8.72. The minimum atomic E-state index is -1.20. The summed E-state index contributed by atoms with van der Waals surface area (Å²) < 4.78 is 0. The first-order valence-corrected chi connectivity index (χ1v) is 15.7. The lowest BCUT2D eigenvalue weighted by Crippen LogP contribution is -2.57. The van der Waals surface area contributed by atoms with E-state index in [9.17, 15) is 29.4 Å². The molecule has 4 aliphatic carbocycles. The molecule has 2 amide bonds. The standard InChI is InChI=1S/C32H49N3O7/c1-6-7-8-26(29(39)40)34-28(38)19(2)33-27(37)18-42-35-22-11-14-30(4)21(17-22)9-10-23-24(30)12-15-31(5)25(23)13-16-32(31,41)20(3)36/h17,19,23-26,41H,6-16,18H2,1-5H3,(H,33,37)(H,34,38)(H,39,40)/t19?,23?,24?,25?,26?,30-,31-,32-/m0/s1. The molecule has 8 atom stereocenters. The maximum Gasteiger partial charge on any atom is 0.326 e. The monoisotopic (exact) mass is 587 g/mol. The Balaban J connectivity index is 1.32. The number of ketones is 1. The second kappa shape index (κ2) is 12.5. The molecule has 4 N–H and O–H groups in total. The van der Waals surface area contributed by atoms with Gasteiger partial charge in [0.05, 0.1) is 5.71 Å². The predicted octanol–water partition coefficient (Wildman–Crippen LogP) is 3.91. The quantitative estimate of drug-likeness (QED) is 0.267. The molecule has 3 saturated carbocycles. The first-order valence-electron chi connectivity index (χ1n) is 15.7. The molecule has 42 heavy (non-hydrogen) atoms. The van der Waals surface area contributed by atoms with E-state index < -0.39 is 35.5 Å². The summed E-state index contributed by atoms with van der Waals surface area (Å²) in [6.45, 7) is 9.14. The van der Waals surface area contributed by atoms with Crippen LogP contribution in [0.25, 0.3) is 0 Å². The van der Waals surface area contributed by atoms with Crippen LogP contribution in [0.4, 0.5) is 0 Å². The lowest BCUT2D eigenvalue weighted by Gasteiger charge is -2.59. The van der Waals surface area contributed by atoms with E-state index in [4.69, 9.17) is 4.84 Å². The number of allylic oxidation sites excluding steroid dienone is 2. The maximum absolute atomic E-state index is 12.5. The molecule has 4 aliphatic rings. The van der Waals surface area contributed by atoms with Gasteiger partial charge in [-0.2, -0.15) is 0 Å². The number of amides is 2. The molecule has 0 spiro atoms. The van der Waals surface area contributed by atoms with Gasteiger partial charge in [-0.3, -0.25) is 14.4 Å². The Labute approximate surface area is 249 Å². The molecule has 4 rings (SSSR count). The SMILES string of the molecule is CCCCC(NC(=O)C(C)NC(=O)CON=C1C=C2CCC3C(CC[C@@]4(C)C3CC[C@]4(O)C(C)=O)[C@@]2(C)CC1)C(=O)O. The van der Waals surface area contributed by atoms with Crippen LogP contribution in [0.1, 0.15) is 105 Å². The number of carboxylic acids is 1. The molecule has 0 aromatic heterocycles. The Bertz CT molecular complexity index is 1150. The van der Waals surface area contributed by atoms with Crippen LogP contribution in [-0.2, 0) is 24.0 Å². The van der Waals surface area contributed by atoms with E-state index in [2.05, 4.69) is 35.7 Å². The number of nitrogens with zero attached hydrogens (tertiary/aromatic N) is 1. The average molecular weight is 588 g/mol.